The summed E-state index contributed by atoms with van der Waals surface area (Å²) in [5.41, 5.74) is 3.59. The Morgan fingerprint density at radius 1 is 0.920 bits per heavy atom. The molecule has 0 N–H and O–H groups in total. The van der Waals surface area contributed by atoms with Crippen molar-refractivity contribution in [3.8, 4) is 10.6 Å². The van der Waals surface area contributed by atoms with Crippen LogP contribution in [0.3, 0.4) is 0 Å². The van der Waals surface area contributed by atoms with Crippen molar-refractivity contribution >= 4 is 27.2 Å². The molecule has 1 aromatic carbocycles. The van der Waals surface area contributed by atoms with Crippen molar-refractivity contribution < 1.29 is 17.0 Å². The Hall–Kier alpha value is -1.46. The highest BCUT2D eigenvalue weighted by Crippen LogP contribution is 2.32. The van der Waals surface area contributed by atoms with Crippen LogP contribution in [0.15, 0.2) is 36.4 Å². The van der Waals surface area contributed by atoms with Crippen molar-refractivity contribution in [2.75, 3.05) is 31.1 Å². The van der Waals surface area contributed by atoms with E-state index in [2.05, 4.69) is 45.9 Å². The van der Waals surface area contributed by atoms with Crippen LogP contribution in [-0.2, 0) is 0 Å². The van der Waals surface area contributed by atoms with Crippen molar-refractivity contribution in [3.63, 3.8) is 0 Å². The fourth-order valence-corrected chi connectivity index (χ4v) is 4.98. The third-order valence-electron chi connectivity index (χ3n) is 5.29. The van der Waals surface area contributed by atoms with E-state index >= 15 is 0 Å². The summed E-state index contributed by atoms with van der Waals surface area (Å²) in [6.45, 7) is 4.76. The molecule has 0 saturated carbocycles. The lowest BCUT2D eigenvalue weighted by Crippen LogP contribution is -3.00. The predicted molar refractivity (Wildman–Crippen MR) is 102 cm³/mol. The Bertz CT molecular complexity index is 935. The normalized spacial score (nSPS) is 17.4. The standard InChI is InChI=1S/C20H22N3S.BrH/c1-2-10-22(9-1)15-5-7-17-19(13-15)24-20-14-16(6-8-18(20)21-17)23-11-3-4-12-23;/h5-8,13-14H,1-4,9-12H2;1H/q+1;/p-1. The molecular weight excluding hydrogens is 394 g/mol. The van der Waals surface area contributed by atoms with Gasteiger partial charge >= 0.3 is 0 Å². The fourth-order valence-electron chi connectivity index (χ4n) is 3.95. The molecule has 2 fully saturated rings. The molecule has 4 aliphatic rings. The fraction of sp³-hybridized carbons (Fsp3) is 0.400. The van der Waals surface area contributed by atoms with Gasteiger partial charge in [0.05, 0.1) is 20.8 Å². The lowest BCUT2D eigenvalue weighted by Gasteiger charge is -2.18. The molecule has 1 aliphatic carbocycles. The number of anilines is 1. The molecule has 0 unspecified atom stereocenters. The van der Waals surface area contributed by atoms with E-state index < -0.39 is 0 Å². The quantitative estimate of drug-likeness (QED) is 0.427. The lowest BCUT2D eigenvalue weighted by atomic mass is 10.2. The van der Waals surface area contributed by atoms with Crippen LogP contribution in [0.25, 0.3) is 20.8 Å². The van der Waals surface area contributed by atoms with Gasteiger partial charge in [-0.05, 0) is 37.1 Å². The molecule has 0 radical (unpaired) electrons. The summed E-state index contributed by atoms with van der Waals surface area (Å²) < 4.78 is 3.79. The summed E-state index contributed by atoms with van der Waals surface area (Å²) in [5.74, 6) is 0. The van der Waals surface area contributed by atoms with E-state index in [1.54, 1.807) is 0 Å². The number of rotatable bonds is 1. The van der Waals surface area contributed by atoms with Crippen LogP contribution in [-0.4, -0.2) is 31.2 Å². The summed E-state index contributed by atoms with van der Waals surface area (Å²) in [6.07, 6.45) is 5.26. The maximum Gasteiger partial charge on any atom is 0.201 e. The van der Waals surface area contributed by atoms with E-state index in [1.165, 1.54) is 72.5 Å². The molecular formula is C20H22BrN3S. The third kappa shape index (κ3) is 3.20. The van der Waals surface area contributed by atoms with Gasteiger partial charge in [0.1, 0.15) is 13.1 Å². The molecule has 0 bridgehead atoms. The summed E-state index contributed by atoms with van der Waals surface area (Å²) in [5, 5.41) is 1.35. The van der Waals surface area contributed by atoms with Crippen molar-refractivity contribution in [3.05, 3.63) is 41.8 Å². The molecule has 0 spiro atoms. The molecule has 130 valence electrons. The number of aromatic nitrogens is 1. The van der Waals surface area contributed by atoms with E-state index in [9.17, 15) is 0 Å². The first-order chi connectivity index (χ1) is 11.9. The van der Waals surface area contributed by atoms with Crippen LogP contribution in [0.5, 0.6) is 0 Å². The van der Waals surface area contributed by atoms with Gasteiger partial charge in [-0.15, -0.1) is 11.3 Å². The highest BCUT2D eigenvalue weighted by atomic mass is 79.9. The van der Waals surface area contributed by atoms with Crippen molar-refractivity contribution in [1.82, 2.24) is 9.56 Å². The second-order valence-corrected chi connectivity index (χ2v) is 7.99. The lowest BCUT2D eigenvalue weighted by molar-refractivity contribution is -0.00000470. The maximum atomic E-state index is 4.89. The highest BCUT2D eigenvalue weighted by molar-refractivity contribution is 7.21. The first kappa shape index (κ1) is 17.0. The number of fused-ring (bicyclic) bond motifs is 2. The first-order valence-corrected chi connectivity index (χ1v) is 9.86. The van der Waals surface area contributed by atoms with Crippen LogP contribution >= 0.6 is 11.3 Å². The van der Waals surface area contributed by atoms with Gasteiger partial charge in [-0.3, -0.25) is 0 Å². The number of hydrogen-bond donors (Lipinski definition) is 0. The Labute approximate surface area is 162 Å². The van der Waals surface area contributed by atoms with Crippen LogP contribution in [0.1, 0.15) is 25.7 Å². The van der Waals surface area contributed by atoms with Crippen molar-refractivity contribution in [1.29, 1.82) is 0 Å². The van der Waals surface area contributed by atoms with Crippen molar-refractivity contribution in [2.24, 2.45) is 0 Å². The minimum absolute atomic E-state index is 0. The second kappa shape index (κ2) is 7.04. The number of hydrogen-bond acceptors (Lipinski definition) is 3. The SMILES string of the molecule is [Br-].c1cc2nc3ccc(=[N+]4CCCC4)cc-3sc2cc1N1CCCC1. The van der Waals surface area contributed by atoms with E-state index in [4.69, 9.17) is 4.98 Å². The Morgan fingerprint density at radius 3 is 2.52 bits per heavy atom. The minimum atomic E-state index is 0. The highest BCUT2D eigenvalue weighted by Gasteiger charge is 2.16. The van der Waals surface area contributed by atoms with E-state index in [0.717, 1.165) is 11.2 Å². The van der Waals surface area contributed by atoms with Gasteiger partial charge in [-0.1, -0.05) is 0 Å². The molecule has 0 aromatic heterocycles. The molecule has 0 atom stereocenters. The number of benzene rings is 2. The number of nitrogens with zero attached hydrogens (tertiary/aromatic N) is 3. The van der Waals surface area contributed by atoms with Gasteiger partial charge < -0.3 is 21.9 Å². The Kier molecular flexibility index (Phi) is 4.78. The average molecular weight is 416 g/mol. The molecule has 2 saturated heterocycles. The second-order valence-electron chi connectivity index (χ2n) is 6.91. The van der Waals surface area contributed by atoms with Crippen LogP contribution in [0.2, 0.25) is 0 Å². The zero-order valence-corrected chi connectivity index (χ0v) is 16.7. The predicted octanol–water partition coefficient (Wildman–Crippen LogP) is 0.571. The molecule has 0 amide bonds. The summed E-state index contributed by atoms with van der Waals surface area (Å²) in [7, 11) is 0. The zero-order chi connectivity index (χ0) is 15.9. The average Bonchev–Trinajstić information content (AvgIpc) is 3.32. The minimum Gasteiger partial charge on any atom is -1.00 e. The van der Waals surface area contributed by atoms with Gasteiger partial charge in [0.15, 0.2) is 0 Å². The smallest absolute Gasteiger partial charge is 0.201 e. The van der Waals surface area contributed by atoms with E-state index in [1.807, 2.05) is 11.3 Å². The molecule has 3 nitrogen and oxygen atoms in total. The van der Waals surface area contributed by atoms with E-state index in [0.29, 0.717) is 0 Å². The third-order valence-corrected chi connectivity index (χ3v) is 6.38. The number of halogens is 1. The van der Waals surface area contributed by atoms with Crippen molar-refractivity contribution in [2.45, 2.75) is 25.7 Å². The van der Waals surface area contributed by atoms with Gasteiger partial charge in [0.2, 0.25) is 5.36 Å². The maximum absolute atomic E-state index is 4.89. The van der Waals surface area contributed by atoms with Crippen LogP contribution in [0, 0.1) is 0 Å². The molecule has 3 heterocycles. The zero-order valence-electron chi connectivity index (χ0n) is 14.2. The molecule has 3 aliphatic heterocycles. The topological polar surface area (TPSA) is 19.1 Å². The van der Waals surface area contributed by atoms with Gasteiger partial charge in [0.25, 0.3) is 0 Å². The van der Waals surface area contributed by atoms with Gasteiger partial charge in [0, 0.05) is 43.8 Å². The van der Waals surface area contributed by atoms with Gasteiger partial charge in [-0.2, -0.15) is 0 Å². The van der Waals surface area contributed by atoms with Crippen LogP contribution < -0.4 is 31.8 Å². The monoisotopic (exact) mass is 415 g/mol. The summed E-state index contributed by atoms with van der Waals surface area (Å²) >= 11 is 1.88. The Balaban J connectivity index is 0.00000157. The molecule has 1 aromatic rings. The Morgan fingerprint density at radius 2 is 1.72 bits per heavy atom. The van der Waals surface area contributed by atoms with E-state index in [-0.39, 0.29) is 17.0 Å². The first-order valence-electron chi connectivity index (χ1n) is 9.04. The largest absolute Gasteiger partial charge is 1.00 e. The molecule has 5 rings (SSSR count). The summed E-state index contributed by atoms with van der Waals surface area (Å²) in [4.78, 5) is 8.68. The molecule has 25 heavy (non-hydrogen) atoms. The molecule has 5 heteroatoms. The van der Waals surface area contributed by atoms with Gasteiger partial charge in [-0.25, -0.2) is 9.56 Å². The van der Waals surface area contributed by atoms with Crippen LogP contribution in [0.4, 0.5) is 5.69 Å². The summed E-state index contributed by atoms with van der Waals surface area (Å²) in [6, 6.07) is 13.5.